The molecule has 3 saturated heterocycles. The van der Waals surface area contributed by atoms with E-state index >= 15 is 0 Å². The summed E-state index contributed by atoms with van der Waals surface area (Å²) in [7, 11) is 0.116. The largest absolute Gasteiger partial charge is 0.496 e. The summed E-state index contributed by atoms with van der Waals surface area (Å²) in [6.45, 7) is 25.6. The average molecular weight is 1970 g/mol. The summed E-state index contributed by atoms with van der Waals surface area (Å²) in [4.78, 5) is 96.2. The van der Waals surface area contributed by atoms with Gasteiger partial charge in [-0.3, -0.25) is 34.2 Å². The Morgan fingerprint density at radius 3 is 2.22 bits per heavy atom. The number of halogens is 4. The molecule has 0 spiro atoms. The molecule has 8 aromatic heterocycles. The second-order valence-corrected chi connectivity index (χ2v) is 39.5. The van der Waals surface area contributed by atoms with Gasteiger partial charge in [-0.2, -0.15) is 20.1 Å². The Kier molecular flexibility index (Phi) is 37.2. The van der Waals surface area contributed by atoms with E-state index < -0.39 is 45.0 Å². The third kappa shape index (κ3) is 29.6. The van der Waals surface area contributed by atoms with Gasteiger partial charge in [0, 0.05) is 97.7 Å². The van der Waals surface area contributed by atoms with E-state index in [1.54, 1.807) is 61.8 Å². The molecule has 4 aromatic carbocycles. The van der Waals surface area contributed by atoms with E-state index in [0.717, 1.165) is 157 Å². The zero-order valence-corrected chi connectivity index (χ0v) is 82.4. The smallest absolute Gasteiger partial charge is 0.271 e. The number of carbonyl (C=O) groups excluding carboxylic acids is 4. The number of rotatable bonds is 23. The lowest BCUT2D eigenvalue weighted by Crippen LogP contribution is -2.43. The molecule has 6 bridgehead atoms. The summed E-state index contributed by atoms with van der Waals surface area (Å²) >= 11 is 15.2. The molecular formula is C95H117Cl2F2N25O10S3. The maximum Gasteiger partial charge on any atom is 0.271 e. The van der Waals surface area contributed by atoms with Gasteiger partial charge in [-0.15, -0.1) is 11.8 Å². The highest BCUT2D eigenvalue weighted by Gasteiger charge is 2.31. The number of aryl methyl sites for hydroxylation is 2. The zero-order chi connectivity index (χ0) is 98.0. The third-order valence-electron chi connectivity index (χ3n) is 22.5. The number of carbonyl (C=O) groups is 4. The van der Waals surface area contributed by atoms with Crippen molar-refractivity contribution in [2.24, 2.45) is 5.92 Å². The monoisotopic (exact) mass is 1970 g/mol. The first-order chi connectivity index (χ1) is 65.6. The lowest BCUT2D eigenvalue weighted by atomic mass is 9.94. The van der Waals surface area contributed by atoms with Crippen molar-refractivity contribution < 1.29 is 55.4 Å². The molecule has 0 saturated carbocycles. The molecule has 4 aliphatic rings. The van der Waals surface area contributed by atoms with Gasteiger partial charge in [0.25, 0.3) is 11.8 Å². The van der Waals surface area contributed by atoms with Gasteiger partial charge < -0.3 is 77.1 Å². The number of nitrogen functional groups attached to an aromatic ring is 1. The van der Waals surface area contributed by atoms with E-state index in [1.807, 2.05) is 61.0 Å². The second kappa shape index (κ2) is 49.2. The lowest BCUT2D eigenvalue weighted by molar-refractivity contribution is -0.120. The Hall–Kier alpha value is -12.3. The molecule has 35 nitrogen and oxygen atoms in total. The molecule has 12 heterocycles. The van der Waals surface area contributed by atoms with E-state index in [1.165, 1.54) is 40.1 Å². The number of ketones is 1. The number of aromatic amines is 1. The second-order valence-electron chi connectivity index (χ2n) is 34.4. The highest BCUT2D eigenvalue weighted by atomic mass is 35.5. The number of fused-ring (bicyclic) bond motifs is 8. The Morgan fingerprint density at radius 1 is 0.788 bits per heavy atom. The Morgan fingerprint density at radius 2 is 1.53 bits per heavy atom. The highest BCUT2D eigenvalue weighted by molar-refractivity contribution is 8.00. The van der Waals surface area contributed by atoms with Crippen LogP contribution in [0.2, 0.25) is 10.0 Å². The van der Waals surface area contributed by atoms with Gasteiger partial charge >= 0.3 is 0 Å². The number of H-pyrrole nitrogens is 1. The van der Waals surface area contributed by atoms with E-state index in [9.17, 15) is 41.5 Å². The van der Waals surface area contributed by atoms with Gasteiger partial charge in [-0.1, -0.05) is 105 Å². The fraction of sp³-hybridized carbons (Fsp3) is 0.400. The van der Waals surface area contributed by atoms with Crippen molar-refractivity contribution in [1.29, 1.82) is 0 Å². The van der Waals surface area contributed by atoms with E-state index in [0.29, 0.717) is 73.6 Å². The number of pyridine rings is 1. The Bertz CT molecular complexity index is 6240. The number of thioether (sulfide) groups is 1. The van der Waals surface area contributed by atoms with Gasteiger partial charge in [0.2, 0.25) is 45.4 Å². The number of benzene rings is 4. The van der Waals surface area contributed by atoms with Crippen LogP contribution in [0, 0.1) is 31.4 Å². The maximum absolute atomic E-state index is 14.2. The van der Waals surface area contributed by atoms with Gasteiger partial charge in [0.1, 0.15) is 34.3 Å². The number of aliphatic hydroxyl groups excluding tert-OH is 1. The van der Waals surface area contributed by atoms with Crippen LogP contribution >= 0.6 is 46.3 Å². The van der Waals surface area contributed by atoms with Gasteiger partial charge in [0.05, 0.1) is 99.6 Å². The molecule has 12 aromatic rings. The van der Waals surface area contributed by atoms with Crippen LogP contribution in [0.15, 0.2) is 155 Å². The van der Waals surface area contributed by atoms with Gasteiger partial charge in [-0.25, -0.2) is 51.4 Å². The van der Waals surface area contributed by atoms with E-state index in [4.69, 9.17) is 42.8 Å². The number of nitrogens with one attached hydrogen (secondary N) is 10. The molecule has 13 N–H and O–H groups in total. The number of anilines is 8. The molecular weight excluding hydrogens is 1860 g/mol. The number of sulfonamides is 1. The molecule has 0 aliphatic carbocycles. The molecule has 3 amide bonds. The third-order valence-corrected chi connectivity index (χ3v) is 26.6. The van der Waals surface area contributed by atoms with Crippen LogP contribution in [0.4, 0.5) is 54.8 Å². The van der Waals surface area contributed by atoms with Crippen LogP contribution in [0.3, 0.4) is 0 Å². The number of aliphatic hydroxyl groups is 1. The van der Waals surface area contributed by atoms with Gasteiger partial charge in [-0.05, 0) is 197 Å². The fourth-order valence-corrected chi connectivity index (χ4v) is 18.1. The first kappa shape index (κ1) is 104. The zero-order valence-electron chi connectivity index (χ0n) is 78.5. The summed E-state index contributed by atoms with van der Waals surface area (Å²) in [5.41, 5.74) is 14.5. The standard InChI is InChI=1S/C23H24N4O.C21H31N7O.C18H21F2N5O4S.C17H24N4O2S2.C16H17Cl2N5O2/c1-27-13-3-2-4-14-28-21-10-6-8-19(16-21)22-11-12-24-23(26-22)25-20-9-5-7-18(15-20)17-27;1-7-17(15(6)29)25-21-26-19(18-20(27-21)28(11-24-18)12(2)3)23-10-16-9-22-14(5)8-13(16)4;1-29-13-4-3-12(19)15(20)14(13)16(26)11-9-22-18(24-17(11)21)23-10-5-7-25(8-6-10)30(2,27)28;1-17(2,3)12-8-19-13(23-12)10-24-14-9-20-16(25-14)21-15(22)11-4-6-18-7-5-11;17-10-2-1-3-11(18)13(10)15(24)22-12-8-20-23-14(12)16(25)21-9-4-6-19-7-5-9/h2-3,5-12,15-16H,4,13-14,17H2,1H3,(H,24,25,26);8-9,11-12,15,17,29H,7,10H2,1-6H3,(H2,23,25,26,27);3-4,9-10H,5-8H2,1-2H3,(H3,21,22,23,24);8-9,11,18H,4-7,10H2,1-3H3,(H,20,21,22);1-3,8-9,19H,4-7H2,(H,20,23)(H,21,25)(H,22,24)/b3-2+;;;;/t;15-,17+;;;/m.1.../s1. The number of imidazole rings is 1. The number of amides is 3. The minimum Gasteiger partial charge on any atom is -0.496 e. The normalized spacial score (nSPS) is 15.3. The number of hydrogen-bond donors (Lipinski definition) is 12. The number of hydrogen-bond acceptors (Lipinski definition) is 31. The summed E-state index contributed by atoms with van der Waals surface area (Å²) in [6.07, 6.45) is 22.8. The number of oxazole rings is 1. The highest BCUT2D eigenvalue weighted by Crippen LogP contribution is 2.36. The van der Waals surface area contributed by atoms with Crippen LogP contribution in [-0.4, -0.2) is 208 Å². The number of nitrogens with two attached hydrogens (primary N) is 1. The first-order valence-electron chi connectivity index (χ1n) is 45.0. The van der Waals surface area contributed by atoms with Crippen LogP contribution in [0.25, 0.3) is 22.4 Å². The number of likely N-dealkylation sites (N-methyl/N-ethyl adjacent to an activating group) is 1. The van der Waals surface area contributed by atoms with E-state index in [-0.39, 0.29) is 97.4 Å². The molecule has 728 valence electrons. The van der Waals surface area contributed by atoms with Crippen molar-refractivity contribution >= 4 is 137 Å². The summed E-state index contributed by atoms with van der Waals surface area (Å²) < 4.78 is 72.1. The number of nitrogens with zero attached hydrogens (tertiary/aromatic N) is 14. The number of thiazole rings is 1. The van der Waals surface area contributed by atoms with Gasteiger partial charge in [0.15, 0.2) is 33.7 Å². The number of aromatic nitrogens is 13. The topological polar surface area (TPSA) is 458 Å². The minimum atomic E-state index is -3.23. The summed E-state index contributed by atoms with van der Waals surface area (Å²) in [5.74, 6) is 0.520. The van der Waals surface area contributed by atoms with Crippen molar-refractivity contribution in [1.82, 2.24) is 89.8 Å². The fourth-order valence-electron chi connectivity index (χ4n) is 14.9. The van der Waals surface area contributed by atoms with Crippen LogP contribution in [-0.2, 0) is 39.1 Å². The Labute approximate surface area is 813 Å². The SMILES string of the molecule is CC(C)(C)c1cnc(CSc2cnc(NC(=O)C3CCNCC3)s2)o1.CC[C@H](Nc1nc(NCc2cnc(C)cc2C)c2ncn(C(C)C)c2n1)[C@@H](C)O.CN1C/C=C/CCOc2cccc(c2)-c2ccnc(n2)Nc2cccc(c2)C1.COc1ccc(F)c(F)c1C(=O)c1cnc(NC2CCN(S(C)(=O)=O)CC2)nc1N.O=C(NC1CCNCC1)c1[nH]ncc1NC(=O)c1c(Cl)cccc1Cl. The predicted molar refractivity (Wildman–Crippen MR) is 532 cm³/mol. The van der Waals surface area contributed by atoms with Crippen molar-refractivity contribution in [3.63, 3.8) is 0 Å². The van der Waals surface area contributed by atoms with Crippen molar-refractivity contribution in [3.8, 4) is 22.8 Å². The Balaban J connectivity index is 0.000000154. The molecule has 0 radical (unpaired) electrons. The quantitative estimate of drug-likeness (QED) is 0.0161. The molecule has 4 aliphatic heterocycles. The molecule has 3 fully saturated rings. The van der Waals surface area contributed by atoms with Crippen LogP contribution in [0.5, 0.6) is 11.5 Å². The van der Waals surface area contributed by atoms with Crippen LogP contribution < -0.4 is 63.1 Å². The summed E-state index contributed by atoms with van der Waals surface area (Å²) in [5, 5.41) is 45.7. The minimum absolute atomic E-state index is 0.0352. The lowest BCUT2D eigenvalue weighted by Gasteiger charge is -2.30. The van der Waals surface area contributed by atoms with Crippen molar-refractivity contribution in [3.05, 3.63) is 225 Å². The average Bonchev–Trinajstić information content (AvgIpc) is 1.73. The maximum atomic E-state index is 14.2. The van der Waals surface area contributed by atoms with Crippen LogP contribution in [0.1, 0.15) is 177 Å². The number of piperidine rings is 3. The van der Waals surface area contributed by atoms with Crippen molar-refractivity contribution in [2.45, 2.75) is 172 Å². The molecule has 0 unspecified atom stereocenters. The number of ether oxygens (including phenoxy) is 2. The first-order valence-corrected chi connectivity index (χ1v) is 49.4. The molecule has 16 rings (SSSR count). The molecule has 42 heteroatoms. The predicted octanol–water partition coefficient (Wildman–Crippen LogP) is 15.8. The van der Waals surface area contributed by atoms with Crippen molar-refractivity contribution in [2.75, 3.05) is 110 Å². The van der Waals surface area contributed by atoms with E-state index in [2.05, 4.69) is 198 Å². The molecule has 2 atom stereocenters. The summed E-state index contributed by atoms with van der Waals surface area (Å²) in [6, 6.07) is 27.3. The number of methoxy groups -OCH3 is 1. The molecule has 137 heavy (non-hydrogen) atoms.